The molecule has 0 bridgehead atoms. The summed E-state index contributed by atoms with van der Waals surface area (Å²) in [6.45, 7) is 3.51. The first kappa shape index (κ1) is 9.75. The van der Waals surface area contributed by atoms with Crippen molar-refractivity contribution in [2.45, 2.75) is 11.8 Å². The van der Waals surface area contributed by atoms with Crippen molar-refractivity contribution < 1.29 is 4.74 Å². The molecule has 0 spiro atoms. The molecule has 0 fully saturated rings. The van der Waals surface area contributed by atoms with Crippen LogP contribution in [-0.4, -0.2) is 13.2 Å². The molecule has 0 saturated heterocycles. The van der Waals surface area contributed by atoms with E-state index in [0.717, 1.165) is 13.2 Å². The highest BCUT2D eigenvalue weighted by molar-refractivity contribution is 9.09. The van der Waals surface area contributed by atoms with Gasteiger partial charge in [0.2, 0.25) is 0 Å². The van der Waals surface area contributed by atoms with Crippen molar-refractivity contribution in [3.05, 3.63) is 35.9 Å². The SMILES string of the molecule is CCOCC(Br)c1ccccc1. The monoisotopic (exact) mass is 228 g/mol. The first-order chi connectivity index (χ1) is 5.84. The van der Waals surface area contributed by atoms with Gasteiger partial charge in [0.05, 0.1) is 11.4 Å². The molecule has 1 aromatic rings. The maximum absolute atomic E-state index is 5.30. The zero-order valence-electron chi connectivity index (χ0n) is 7.16. The topological polar surface area (TPSA) is 9.23 Å². The van der Waals surface area contributed by atoms with Gasteiger partial charge in [-0.25, -0.2) is 0 Å². The van der Waals surface area contributed by atoms with Crippen LogP contribution < -0.4 is 0 Å². The Balaban J connectivity index is 2.48. The molecule has 0 aliphatic rings. The molecule has 1 atom stereocenters. The van der Waals surface area contributed by atoms with Gasteiger partial charge in [-0.1, -0.05) is 46.3 Å². The van der Waals surface area contributed by atoms with Crippen LogP contribution in [0.2, 0.25) is 0 Å². The smallest absolute Gasteiger partial charge is 0.0632 e. The first-order valence-corrected chi connectivity index (χ1v) is 5.03. The summed E-state index contributed by atoms with van der Waals surface area (Å²) >= 11 is 3.56. The van der Waals surface area contributed by atoms with Crippen LogP contribution in [0.1, 0.15) is 17.3 Å². The highest BCUT2D eigenvalue weighted by atomic mass is 79.9. The molecular weight excluding hydrogens is 216 g/mol. The van der Waals surface area contributed by atoms with Crippen molar-refractivity contribution in [3.8, 4) is 0 Å². The second-order valence-electron chi connectivity index (χ2n) is 2.54. The Morgan fingerprint density at radius 2 is 2.00 bits per heavy atom. The van der Waals surface area contributed by atoms with E-state index in [-0.39, 0.29) is 0 Å². The molecule has 2 heteroatoms. The van der Waals surface area contributed by atoms with Crippen molar-refractivity contribution in [1.29, 1.82) is 0 Å². The maximum atomic E-state index is 5.30. The van der Waals surface area contributed by atoms with E-state index >= 15 is 0 Å². The fraction of sp³-hybridized carbons (Fsp3) is 0.400. The third kappa shape index (κ3) is 2.95. The van der Waals surface area contributed by atoms with Gasteiger partial charge in [0.25, 0.3) is 0 Å². The van der Waals surface area contributed by atoms with E-state index < -0.39 is 0 Å². The molecule has 0 radical (unpaired) electrons. The lowest BCUT2D eigenvalue weighted by atomic mass is 10.2. The third-order valence-electron chi connectivity index (χ3n) is 1.63. The van der Waals surface area contributed by atoms with Crippen molar-refractivity contribution >= 4 is 15.9 Å². The highest BCUT2D eigenvalue weighted by Crippen LogP contribution is 2.21. The van der Waals surface area contributed by atoms with E-state index in [9.17, 15) is 0 Å². The molecule has 12 heavy (non-hydrogen) atoms. The van der Waals surface area contributed by atoms with Gasteiger partial charge in [-0.05, 0) is 12.5 Å². The quantitative estimate of drug-likeness (QED) is 0.720. The minimum Gasteiger partial charge on any atom is -0.380 e. The number of hydrogen-bond acceptors (Lipinski definition) is 1. The van der Waals surface area contributed by atoms with E-state index in [1.54, 1.807) is 0 Å². The van der Waals surface area contributed by atoms with Crippen LogP contribution in [0.15, 0.2) is 30.3 Å². The van der Waals surface area contributed by atoms with Crippen molar-refractivity contribution in [2.24, 2.45) is 0 Å². The predicted octanol–water partition coefficient (Wildman–Crippen LogP) is 3.16. The second-order valence-corrected chi connectivity index (χ2v) is 3.64. The fourth-order valence-electron chi connectivity index (χ4n) is 0.979. The Bertz CT molecular complexity index is 210. The largest absolute Gasteiger partial charge is 0.380 e. The Hall–Kier alpha value is -0.340. The van der Waals surface area contributed by atoms with Crippen molar-refractivity contribution in [2.75, 3.05) is 13.2 Å². The number of halogens is 1. The first-order valence-electron chi connectivity index (χ1n) is 4.11. The van der Waals surface area contributed by atoms with Crippen LogP contribution in [0.4, 0.5) is 0 Å². The zero-order valence-corrected chi connectivity index (χ0v) is 8.75. The Morgan fingerprint density at radius 3 is 2.58 bits per heavy atom. The standard InChI is InChI=1S/C10H13BrO/c1-2-12-8-10(11)9-6-4-3-5-7-9/h3-7,10H,2,8H2,1H3. The number of hydrogen-bond donors (Lipinski definition) is 0. The van der Waals surface area contributed by atoms with Gasteiger partial charge in [-0.2, -0.15) is 0 Å². The van der Waals surface area contributed by atoms with E-state index in [4.69, 9.17) is 4.74 Å². The Labute approximate surface area is 81.9 Å². The minimum absolute atomic E-state index is 0.318. The summed E-state index contributed by atoms with van der Waals surface area (Å²) in [5.41, 5.74) is 1.27. The summed E-state index contributed by atoms with van der Waals surface area (Å²) in [5, 5.41) is 0. The summed E-state index contributed by atoms with van der Waals surface area (Å²) in [6.07, 6.45) is 0. The Kier molecular flexibility index (Phi) is 4.33. The predicted molar refractivity (Wildman–Crippen MR) is 54.6 cm³/mol. The van der Waals surface area contributed by atoms with Crippen LogP contribution in [0.5, 0.6) is 0 Å². The highest BCUT2D eigenvalue weighted by Gasteiger charge is 2.04. The molecule has 0 amide bonds. The van der Waals surface area contributed by atoms with Crippen LogP contribution >= 0.6 is 15.9 Å². The van der Waals surface area contributed by atoms with Crippen molar-refractivity contribution in [3.63, 3.8) is 0 Å². The number of alkyl halides is 1. The number of ether oxygens (including phenoxy) is 1. The van der Waals surface area contributed by atoms with Gasteiger partial charge < -0.3 is 4.74 Å². The van der Waals surface area contributed by atoms with Gasteiger partial charge in [0.1, 0.15) is 0 Å². The fourth-order valence-corrected chi connectivity index (χ4v) is 1.47. The van der Waals surface area contributed by atoms with Crippen molar-refractivity contribution in [1.82, 2.24) is 0 Å². The zero-order chi connectivity index (χ0) is 8.81. The molecule has 0 aliphatic heterocycles. The lowest BCUT2D eigenvalue weighted by Gasteiger charge is -2.08. The summed E-state index contributed by atoms with van der Waals surface area (Å²) in [4.78, 5) is 0.318. The van der Waals surface area contributed by atoms with Gasteiger partial charge in [-0.3, -0.25) is 0 Å². The van der Waals surface area contributed by atoms with Gasteiger partial charge in [0, 0.05) is 6.61 Å². The summed E-state index contributed by atoms with van der Waals surface area (Å²) in [5.74, 6) is 0. The van der Waals surface area contributed by atoms with Gasteiger partial charge >= 0.3 is 0 Å². The Morgan fingerprint density at radius 1 is 1.33 bits per heavy atom. The molecule has 1 nitrogen and oxygen atoms in total. The number of rotatable bonds is 4. The molecule has 0 aliphatic carbocycles. The molecule has 1 rings (SSSR count). The molecule has 0 aromatic heterocycles. The molecule has 1 unspecified atom stereocenters. The summed E-state index contributed by atoms with van der Waals surface area (Å²) in [7, 11) is 0. The minimum atomic E-state index is 0.318. The molecule has 1 aromatic carbocycles. The van der Waals surface area contributed by atoms with Gasteiger partial charge in [0.15, 0.2) is 0 Å². The molecule has 0 N–H and O–H groups in total. The summed E-state index contributed by atoms with van der Waals surface area (Å²) in [6, 6.07) is 10.3. The van der Waals surface area contributed by atoms with E-state index in [1.165, 1.54) is 5.56 Å². The molecule has 0 heterocycles. The maximum Gasteiger partial charge on any atom is 0.0632 e. The average molecular weight is 229 g/mol. The molecule has 0 saturated carbocycles. The van der Waals surface area contributed by atoms with E-state index in [2.05, 4.69) is 28.1 Å². The lowest BCUT2D eigenvalue weighted by Crippen LogP contribution is -2.00. The van der Waals surface area contributed by atoms with Crippen LogP contribution in [0, 0.1) is 0 Å². The van der Waals surface area contributed by atoms with Crippen LogP contribution in [0.3, 0.4) is 0 Å². The third-order valence-corrected chi connectivity index (χ3v) is 2.42. The lowest BCUT2D eigenvalue weighted by molar-refractivity contribution is 0.150. The van der Waals surface area contributed by atoms with E-state index in [0.29, 0.717) is 4.83 Å². The number of benzene rings is 1. The summed E-state index contributed by atoms with van der Waals surface area (Å²) < 4.78 is 5.30. The molecular formula is C10H13BrO. The van der Waals surface area contributed by atoms with Crippen LogP contribution in [-0.2, 0) is 4.74 Å². The average Bonchev–Trinajstić information content (AvgIpc) is 2.15. The normalized spacial score (nSPS) is 12.8. The second kappa shape index (κ2) is 5.33. The van der Waals surface area contributed by atoms with E-state index in [1.807, 2.05) is 25.1 Å². The van der Waals surface area contributed by atoms with Crippen LogP contribution in [0.25, 0.3) is 0 Å². The molecule has 66 valence electrons. The van der Waals surface area contributed by atoms with Gasteiger partial charge in [-0.15, -0.1) is 0 Å².